The number of carbonyl (C=O) groups is 2. The van der Waals surface area contributed by atoms with Crippen molar-refractivity contribution in [2.24, 2.45) is 5.41 Å². The summed E-state index contributed by atoms with van der Waals surface area (Å²) in [5.41, 5.74) is 0.526. The lowest BCUT2D eigenvalue weighted by Crippen LogP contribution is -2.46. The normalized spacial score (nSPS) is 14.1. The van der Waals surface area contributed by atoms with E-state index in [1.165, 1.54) is 0 Å². The largest absolute Gasteiger partial charge is 0.493 e. The summed E-state index contributed by atoms with van der Waals surface area (Å²) in [6, 6.07) is 13.5. The molecule has 0 spiro atoms. The maximum Gasteiger partial charge on any atom is 0.343 e. The van der Waals surface area contributed by atoms with E-state index in [1.807, 2.05) is 0 Å². The number of esters is 2. The van der Waals surface area contributed by atoms with Crippen molar-refractivity contribution < 1.29 is 33.3 Å². The van der Waals surface area contributed by atoms with Crippen molar-refractivity contribution in [3.05, 3.63) is 66.7 Å². The second kappa shape index (κ2) is 10.6. The molecule has 1 aliphatic rings. The summed E-state index contributed by atoms with van der Waals surface area (Å²) in [5, 5.41) is 0. The van der Waals surface area contributed by atoms with Crippen molar-refractivity contribution in [3.8, 4) is 17.2 Å². The molecular weight excluding hydrogens is 400 g/mol. The van der Waals surface area contributed by atoms with Crippen molar-refractivity contribution >= 4 is 11.9 Å². The van der Waals surface area contributed by atoms with Gasteiger partial charge in [-0.15, -0.1) is 0 Å². The average molecular weight is 426 g/mol. The zero-order chi connectivity index (χ0) is 22.1. The van der Waals surface area contributed by atoms with Crippen LogP contribution in [-0.2, 0) is 14.3 Å². The van der Waals surface area contributed by atoms with Gasteiger partial charge >= 0.3 is 11.9 Å². The van der Waals surface area contributed by atoms with E-state index in [-0.39, 0.29) is 18.6 Å². The number of benzene rings is 2. The highest BCUT2D eigenvalue weighted by atomic mass is 16.6. The molecule has 0 radical (unpaired) electrons. The Morgan fingerprint density at radius 3 is 2.16 bits per heavy atom. The molecule has 31 heavy (non-hydrogen) atoms. The molecule has 0 unspecified atom stereocenters. The number of carbonyl (C=O) groups excluding carboxylic acids is 2. The predicted molar refractivity (Wildman–Crippen MR) is 114 cm³/mol. The average Bonchev–Trinajstić information content (AvgIpc) is 2.77. The first kappa shape index (κ1) is 22.4. The monoisotopic (exact) mass is 426 g/mol. The quantitative estimate of drug-likeness (QED) is 0.234. The second-order valence-corrected chi connectivity index (χ2v) is 7.24. The van der Waals surface area contributed by atoms with Gasteiger partial charge in [0.15, 0.2) is 0 Å². The minimum Gasteiger partial charge on any atom is -0.493 e. The SMILES string of the molecule is C=CC(=O)OCCOc1ccc(OC(=O)c2ccc(OCC3(CC)COC3)cc2)cc1. The third kappa shape index (κ3) is 6.33. The zero-order valence-electron chi connectivity index (χ0n) is 17.5. The Labute approximate surface area is 181 Å². The Hall–Kier alpha value is -3.32. The maximum absolute atomic E-state index is 12.4. The Morgan fingerprint density at radius 1 is 0.968 bits per heavy atom. The molecule has 0 saturated carbocycles. The molecule has 1 heterocycles. The molecule has 0 aliphatic carbocycles. The fraction of sp³-hybridized carbons (Fsp3) is 0.333. The van der Waals surface area contributed by atoms with Crippen LogP contribution in [0.4, 0.5) is 0 Å². The van der Waals surface area contributed by atoms with Crippen LogP contribution >= 0.6 is 0 Å². The third-order valence-electron chi connectivity index (χ3n) is 5.00. The van der Waals surface area contributed by atoms with Gasteiger partial charge in [-0.2, -0.15) is 0 Å². The van der Waals surface area contributed by atoms with Gasteiger partial charge in [0, 0.05) is 6.08 Å². The molecule has 7 nitrogen and oxygen atoms in total. The predicted octanol–water partition coefficient (Wildman–Crippen LogP) is 3.82. The van der Waals surface area contributed by atoms with Gasteiger partial charge in [-0.05, 0) is 55.0 Å². The summed E-state index contributed by atoms with van der Waals surface area (Å²) in [7, 11) is 0. The van der Waals surface area contributed by atoms with Crippen molar-refractivity contribution in [2.75, 3.05) is 33.0 Å². The van der Waals surface area contributed by atoms with Crippen molar-refractivity contribution in [1.29, 1.82) is 0 Å². The van der Waals surface area contributed by atoms with E-state index in [4.69, 9.17) is 23.7 Å². The molecule has 0 amide bonds. The zero-order valence-corrected chi connectivity index (χ0v) is 17.5. The minimum atomic E-state index is -0.497. The maximum atomic E-state index is 12.4. The molecule has 3 rings (SSSR count). The molecule has 1 aliphatic heterocycles. The summed E-state index contributed by atoms with van der Waals surface area (Å²) in [6.07, 6.45) is 2.10. The van der Waals surface area contributed by atoms with E-state index in [0.717, 1.165) is 25.7 Å². The van der Waals surface area contributed by atoms with E-state index in [9.17, 15) is 9.59 Å². The lowest BCUT2D eigenvalue weighted by molar-refractivity contribution is -0.138. The topological polar surface area (TPSA) is 80.3 Å². The van der Waals surface area contributed by atoms with Crippen LogP contribution in [0.3, 0.4) is 0 Å². The summed E-state index contributed by atoms with van der Waals surface area (Å²) in [4.78, 5) is 23.3. The van der Waals surface area contributed by atoms with Crippen LogP contribution in [0, 0.1) is 5.41 Å². The van der Waals surface area contributed by atoms with Gasteiger partial charge in [-0.25, -0.2) is 9.59 Å². The molecule has 2 aromatic rings. The van der Waals surface area contributed by atoms with Gasteiger partial charge in [-0.3, -0.25) is 0 Å². The molecule has 1 fully saturated rings. The van der Waals surface area contributed by atoms with Gasteiger partial charge in [0.25, 0.3) is 0 Å². The third-order valence-corrected chi connectivity index (χ3v) is 5.00. The number of ether oxygens (including phenoxy) is 5. The first-order valence-electron chi connectivity index (χ1n) is 10.1. The highest BCUT2D eigenvalue weighted by Crippen LogP contribution is 2.32. The number of hydrogen-bond donors (Lipinski definition) is 0. The van der Waals surface area contributed by atoms with Gasteiger partial charge in [0.1, 0.15) is 30.5 Å². The number of hydrogen-bond acceptors (Lipinski definition) is 7. The van der Waals surface area contributed by atoms with Crippen LogP contribution < -0.4 is 14.2 Å². The molecule has 0 aromatic heterocycles. The van der Waals surface area contributed by atoms with E-state index < -0.39 is 11.9 Å². The first-order chi connectivity index (χ1) is 15.0. The summed E-state index contributed by atoms with van der Waals surface area (Å²) >= 11 is 0. The minimum absolute atomic E-state index is 0.101. The summed E-state index contributed by atoms with van der Waals surface area (Å²) in [5.74, 6) is 0.706. The van der Waals surface area contributed by atoms with Crippen LogP contribution in [-0.4, -0.2) is 45.0 Å². The fourth-order valence-electron chi connectivity index (χ4n) is 2.83. The Bertz CT molecular complexity index is 878. The first-order valence-corrected chi connectivity index (χ1v) is 10.1. The van der Waals surface area contributed by atoms with Crippen LogP contribution in [0.25, 0.3) is 0 Å². The van der Waals surface area contributed by atoms with E-state index in [2.05, 4.69) is 13.5 Å². The van der Waals surface area contributed by atoms with E-state index >= 15 is 0 Å². The van der Waals surface area contributed by atoms with Crippen LogP contribution in [0.15, 0.2) is 61.2 Å². The van der Waals surface area contributed by atoms with Gasteiger partial charge < -0.3 is 23.7 Å². The lowest BCUT2D eigenvalue weighted by atomic mass is 9.84. The van der Waals surface area contributed by atoms with E-state index in [0.29, 0.717) is 29.4 Å². The van der Waals surface area contributed by atoms with Crippen LogP contribution in [0.1, 0.15) is 23.7 Å². The van der Waals surface area contributed by atoms with Crippen LogP contribution in [0.5, 0.6) is 17.2 Å². The van der Waals surface area contributed by atoms with Crippen LogP contribution in [0.2, 0.25) is 0 Å². The highest BCUT2D eigenvalue weighted by Gasteiger charge is 2.37. The molecule has 0 N–H and O–H groups in total. The lowest BCUT2D eigenvalue weighted by Gasteiger charge is -2.40. The molecule has 164 valence electrons. The molecule has 1 saturated heterocycles. The smallest absolute Gasteiger partial charge is 0.343 e. The van der Waals surface area contributed by atoms with Crippen molar-refractivity contribution in [2.45, 2.75) is 13.3 Å². The Morgan fingerprint density at radius 2 is 1.58 bits per heavy atom. The molecule has 0 bridgehead atoms. The molecular formula is C24H26O7. The summed E-state index contributed by atoms with van der Waals surface area (Å²) < 4.78 is 26.8. The van der Waals surface area contributed by atoms with Crippen molar-refractivity contribution in [3.63, 3.8) is 0 Å². The van der Waals surface area contributed by atoms with Gasteiger partial charge in [0.05, 0.1) is 30.8 Å². The van der Waals surface area contributed by atoms with Crippen molar-refractivity contribution in [1.82, 2.24) is 0 Å². The van der Waals surface area contributed by atoms with Gasteiger partial charge in [0.2, 0.25) is 0 Å². The van der Waals surface area contributed by atoms with E-state index in [1.54, 1.807) is 48.5 Å². The standard InChI is InChI=1S/C24H26O7/c1-3-22(25)29-14-13-28-19-9-11-21(12-10-19)31-23(26)18-5-7-20(8-6-18)30-17-24(4-2)15-27-16-24/h3,5-12H,1,4,13-17H2,2H3. The highest BCUT2D eigenvalue weighted by molar-refractivity contribution is 5.91. The molecule has 2 aromatic carbocycles. The Kier molecular flexibility index (Phi) is 7.67. The number of rotatable bonds is 11. The second-order valence-electron chi connectivity index (χ2n) is 7.24. The fourth-order valence-corrected chi connectivity index (χ4v) is 2.83. The summed E-state index contributed by atoms with van der Waals surface area (Å²) in [6.45, 7) is 7.81. The molecule has 0 atom stereocenters. The molecule has 7 heteroatoms. The van der Waals surface area contributed by atoms with Gasteiger partial charge in [-0.1, -0.05) is 13.5 Å². The Balaban J connectivity index is 1.45.